The topological polar surface area (TPSA) is 103 Å². The Hall–Kier alpha value is -2.44. The molecule has 1 aliphatic heterocycles. The number of rotatable bonds is 6. The van der Waals surface area contributed by atoms with E-state index in [9.17, 15) is 9.59 Å². The number of benzene rings is 1. The molecule has 1 atom stereocenters. The normalized spacial score (nSPS) is 20.0. The lowest BCUT2D eigenvalue weighted by atomic mass is 9.74. The molecule has 0 aromatic heterocycles. The molecule has 0 saturated heterocycles. The highest BCUT2D eigenvalue weighted by Gasteiger charge is 2.39. The number of primary amides is 1. The summed E-state index contributed by atoms with van der Waals surface area (Å²) >= 11 is 0. The van der Waals surface area contributed by atoms with E-state index >= 15 is 0 Å². The van der Waals surface area contributed by atoms with Crippen LogP contribution in [0.2, 0.25) is 0 Å². The van der Waals surface area contributed by atoms with E-state index in [2.05, 4.69) is 10.6 Å². The molecule has 0 radical (unpaired) electrons. The Balaban J connectivity index is 1.62. The highest BCUT2D eigenvalue weighted by Crippen LogP contribution is 2.36. The molecule has 136 valence electrons. The van der Waals surface area contributed by atoms with Gasteiger partial charge in [-0.25, -0.2) is 4.79 Å². The van der Waals surface area contributed by atoms with Crippen LogP contribution >= 0.6 is 0 Å². The van der Waals surface area contributed by atoms with Crippen LogP contribution in [-0.2, 0) is 17.8 Å². The first-order chi connectivity index (χ1) is 11.9. The lowest BCUT2D eigenvalue weighted by Gasteiger charge is -2.41. The van der Waals surface area contributed by atoms with Gasteiger partial charge in [-0.15, -0.1) is 0 Å². The number of fused-ring (bicyclic) bond motifs is 1. The molecule has 1 aromatic rings. The van der Waals surface area contributed by atoms with E-state index in [-0.39, 0.29) is 18.6 Å². The van der Waals surface area contributed by atoms with Crippen LogP contribution in [0, 0.1) is 0 Å². The minimum absolute atomic E-state index is 0.151. The Labute approximate surface area is 147 Å². The zero-order chi connectivity index (χ0) is 18.0. The molecule has 25 heavy (non-hydrogen) atoms. The Morgan fingerprint density at radius 2 is 2.16 bits per heavy atom. The largest absolute Gasteiger partial charge is 0.496 e. The second-order valence-corrected chi connectivity index (χ2v) is 6.99. The van der Waals surface area contributed by atoms with Crippen molar-refractivity contribution in [1.29, 1.82) is 0 Å². The monoisotopic (exact) mass is 347 g/mol. The van der Waals surface area contributed by atoms with Crippen molar-refractivity contribution >= 4 is 11.9 Å². The fraction of sp³-hybridized carbons (Fsp3) is 0.556. The van der Waals surface area contributed by atoms with Crippen molar-refractivity contribution in [2.45, 2.75) is 57.2 Å². The first-order valence-electron chi connectivity index (χ1n) is 8.61. The number of hydrogen-bond donors (Lipinski definition) is 3. The predicted molar refractivity (Wildman–Crippen MR) is 92.6 cm³/mol. The molecule has 3 rings (SSSR count). The summed E-state index contributed by atoms with van der Waals surface area (Å²) in [6.07, 6.45) is 3.72. The molecule has 1 aromatic carbocycles. The number of carbonyl (C=O) groups is 2. The Morgan fingerprint density at radius 3 is 2.76 bits per heavy atom. The van der Waals surface area contributed by atoms with E-state index in [4.69, 9.17) is 15.2 Å². The molecular weight excluding hydrogens is 322 g/mol. The summed E-state index contributed by atoms with van der Waals surface area (Å²) in [5.41, 5.74) is 6.77. The summed E-state index contributed by atoms with van der Waals surface area (Å²) in [5.74, 6) is 1.17. The third-order valence-electron chi connectivity index (χ3n) is 4.94. The highest BCUT2D eigenvalue weighted by atomic mass is 16.5. The van der Waals surface area contributed by atoms with Gasteiger partial charge in [0, 0.05) is 30.5 Å². The average Bonchev–Trinajstić information content (AvgIpc) is 2.88. The zero-order valence-electron chi connectivity index (χ0n) is 14.7. The van der Waals surface area contributed by atoms with Gasteiger partial charge < -0.3 is 25.8 Å². The van der Waals surface area contributed by atoms with E-state index in [1.165, 1.54) is 0 Å². The van der Waals surface area contributed by atoms with Gasteiger partial charge in [-0.05, 0) is 38.3 Å². The van der Waals surface area contributed by atoms with Gasteiger partial charge in [-0.3, -0.25) is 4.79 Å². The van der Waals surface area contributed by atoms with Gasteiger partial charge in [-0.1, -0.05) is 0 Å². The summed E-state index contributed by atoms with van der Waals surface area (Å²) < 4.78 is 11.2. The first-order valence-corrected chi connectivity index (χ1v) is 8.61. The molecule has 7 nitrogen and oxygen atoms in total. The van der Waals surface area contributed by atoms with Gasteiger partial charge in [0.25, 0.3) is 0 Å². The molecule has 3 amide bonds. The molecule has 4 N–H and O–H groups in total. The van der Waals surface area contributed by atoms with E-state index in [1.54, 1.807) is 7.11 Å². The fourth-order valence-corrected chi connectivity index (χ4v) is 3.55. The number of methoxy groups -OCH3 is 1. The summed E-state index contributed by atoms with van der Waals surface area (Å²) in [7, 11) is 1.61. The number of carbonyl (C=O) groups excluding carboxylic acids is 2. The van der Waals surface area contributed by atoms with Gasteiger partial charge in [-0.2, -0.15) is 0 Å². The van der Waals surface area contributed by atoms with E-state index in [1.807, 2.05) is 19.1 Å². The van der Waals surface area contributed by atoms with E-state index in [0.29, 0.717) is 6.54 Å². The van der Waals surface area contributed by atoms with Crippen molar-refractivity contribution in [2.75, 3.05) is 7.11 Å². The van der Waals surface area contributed by atoms with E-state index in [0.717, 1.165) is 48.3 Å². The van der Waals surface area contributed by atoms with Crippen LogP contribution in [0.4, 0.5) is 4.79 Å². The van der Waals surface area contributed by atoms with Crippen LogP contribution in [-0.4, -0.2) is 30.7 Å². The van der Waals surface area contributed by atoms with Gasteiger partial charge in [0.1, 0.15) is 17.6 Å². The van der Waals surface area contributed by atoms with Gasteiger partial charge in [0.05, 0.1) is 12.6 Å². The molecule has 0 spiro atoms. The SMILES string of the molecule is COc1cc2c(cc1CNC(=O)NC1(CC(N)=O)CCC1)OC(C)C2. The van der Waals surface area contributed by atoms with Crippen molar-refractivity contribution in [1.82, 2.24) is 10.6 Å². The lowest BCUT2D eigenvalue weighted by molar-refractivity contribution is -0.120. The van der Waals surface area contributed by atoms with Crippen LogP contribution in [0.1, 0.15) is 43.7 Å². The van der Waals surface area contributed by atoms with Crippen molar-refractivity contribution in [3.8, 4) is 11.5 Å². The molecule has 1 unspecified atom stereocenters. The van der Waals surface area contributed by atoms with Gasteiger partial charge in [0.15, 0.2) is 0 Å². The molecule has 1 aliphatic carbocycles. The number of urea groups is 1. The Kier molecular flexibility index (Phi) is 4.74. The predicted octanol–water partition coefficient (Wildman–Crippen LogP) is 1.62. The lowest BCUT2D eigenvalue weighted by Crippen LogP contribution is -2.57. The van der Waals surface area contributed by atoms with Crippen molar-refractivity contribution < 1.29 is 19.1 Å². The third kappa shape index (κ3) is 3.81. The average molecular weight is 347 g/mol. The minimum atomic E-state index is -0.490. The van der Waals surface area contributed by atoms with Crippen LogP contribution < -0.4 is 25.8 Å². The zero-order valence-corrected chi connectivity index (χ0v) is 14.7. The summed E-state index contributed by atoms with van der Waals surface area (Å²) in [4.78, 5) is 23.5. The Morgan fingerprint density at radius 1 is 1.40 bits per heavy atom. The second kappa shape index (κ2) is 6.82. The smallest absolute Gasteiger partial charge is 0.315 e. The van der Waals surface area contributed by atoms with Crippen molar-refractivity contribution in [3.63, 3.8) is 0 Å². The van der Waals surface area contributed by atoms with Crippen LogP contribution in [0.3, 0.4) is 0 Å². The van der Waals surface area contributed by atoms with Crippen molar-refractivity contribution in [2.24, 2.45) is 5.73 Å². The first kappa shape index (κ1) is 17.4. The number of nitrogens with one attached hydrogen (secondary N) is 2. The third-order valence-corrected chi connectivity index (χ3v) is 4.94. The number of hydrogen-bond acceptors (Lipinski definition) is 4. The van der Waals surface area contributed by atoms with Gasteiger partial charge in [0.2, 0.25) is 5.91 Å². The quantitative estimate of drug-likeness (QED) is 0.727. The number of nitrogens with two attached hydrogens (primary N) is 1. The van der Waals surface area contributed by atoms with E-state index < -0.39 is 11.4 Å². The molecule has 0 bridgehead atoms. The standard InChI is InChI=1S/C18H25N3O4/c1-11-6-12-7-14(24-2)13(8-15(12)25-11)10-20-17(23)21-18(4-3-5-18)9-16(19)22/h7-8,11H,3-6,9-10H2,1-2H3,(H2,19,22)(H2,20,21,23). The maximum absolute atomic E-state index is 12.2. The summed E-state index contributed by atoms with van der Waals surface area (Å²) in [6, 6.07) is 3.58. The van der Waals surface area contributed by atoms with Crippen LogP contribution in [0.15, 0.2) is 12.1 Å². The molecule has 1 fully saturated rings. The number of ether oxygens (including phenoxy) is 2. The van der Waals surface area contributed by atoms with Crippen molar-refractivity contribution in [3.05, 3.63) is 23.3 Å². The van der Waals surface area contributed by atoms with Gasteiger partial charge >= 0.3 is 6.03 Å². The fourth-order valence-electron chi connectivity index (χ4n) is 3.55. The number of amides is 3. The van der Waals surface area contributed by atoms with Crippen LogP contribution in [0.25, 0.3) is 0 Å². The molecule has 7 heteroatoms. The second-order valence-electron chi connectivity index (χ2n) is 6.99. The maximum Gasteiger partial charge on any atom is 0.315 e. The molecule has 2 aliphatic rings. The maximum atomic E-state index is 12.2. The highest BCUT2D eigenvalue weighted by molar-refractivity contribution is 5.79. The van der Waals surface area contributed by atoms with Crippen LogP contribution in [0.5, 0.6) is 11.5 Å². The summed E-state index contributed by atoms with van der Waals surface area (Å²) in [6.45, 7) is 2.33. The molecule has 1 heterocycles. The summed E-state index contributed by atoms with van der Waals surface area (Å²) in [5, 5.41) is 5.74. The molecule has 1 saturated carbocycles. The minimum Gasteiger partial charge on any atom is -0.496 e. The Bertz CT molecular complexity index is 685. The molecular formula is C18H25N3O4.